The van der Waals surface area contributed by atoms with Gasteiger partial charge in [0, 0.05) is 17.3 Å². The number of pyridine rings is 1. The van der Waals surface area contributed by atoms with Gasteiger partial charge in [-0.25, -0.2) is 4.98 Å². The van der Waals surface area contributed by atoms with Gasteiger partial charge in [-0.1, -0.05) is 18.2 Å². The molecule has 1 aromatic heterocycles. The van der Waals surface area contributed by atoms with Gasteiger partial charge < -0.3 is 15.0 Å². The van der Waals surface area contributed by atoms with Crippen molar-refractivity contribution in [3.05, 3.63) is 42.5 Å². The van der Waals surface area contributed by atoms with E-state index in [9.17, 15) is 0 Å². The first-order valence-electron chi connectivity index (χ1n) is 7.94. The van der Waals surface area contributed by atoms with E-state index in [1.807, 2.05) is 18.2 Å². The van der Waals surface area contributed by atoms with Crippen LogP contribution in [-0.4, -0.2) is 44.2 Å². The number of methoxy groups -OCH3 is 1. The van der Waals surface area contributed by atoms with Crippen LogP contribution < -0.4 is 10.1 Å². The Morgan fingerprint density at radius 2 is 1.72 bits per heavy atom. The highest BCUT2D eigenvalue weighted by molar-refractivity contribution is 6.07. The van der Waals surface area contributed by atoms with Crippen molar-refractivity contribution >= 4 is 52.3 Å². The maximum Gasteiger partial charge on any atom is 0.119 e. The highest BCUT2D eigenvalue weighted by Gasteiger charge is 2.09. The molecular formula is C19H25Cl2N3O. The minimum absolute atomic E-state index is 0. The summed E-state index contributed by atoms with van der Waals surface area (Å²) < 4.78 is 5.38. The molecular weight excluding hydrogens is 357 g/mol. The van der Waals surface area contributed by atoms with E-state index in [4.69, 9.17) is 9.72 Å². The second-order valence-corrected chi connectivity index (χ2v) is 5.97. The van der Waals surface area contributed by atoms with Crippen molar-refractivity contribution in [3.63, 3.8) is 0 Å². The maximum absolute atomic E-state index is 5.38. The Morgan fingerprint density at radius 3 is 2.44 bits per heavy atom. The molecule has 2 aromatic carbocycles. The van der Waals surface area contributed by atoms with Gasteiger partial charge in [-0.15, -0.1) is 24.8 Å². The van der Waals surface area contributed by atoms with Crippen molar-refractivity contribution < 1.29 is 4.74 Å². The molecule has 0 aliphatic heterocycles. The predicted molar refractivity (Wildman–Crippen MR) is 112 cm³/mol. The van der Waals surface area contributed by atoms with Gasteiger partial charge in [-0.2, -0.15) is 0 Å². The summed E-state index contributed by atoms with van der Waals surface area (Å²) in [5.74, 6) is 0.853. The van der Waals surface area contributed by atoms with Crippen LogP contribution in [0.5, 0.6) is 5.75 Å². The number of nitrogens with one attached hydrogen (secondary N) is 1. The molecule has 0 bridgehead atoms. The quantitative estimate of drug-likeness (QED) is 0.499. The van der Waals surface area contributed by atoms with E-state index in [0.29, 0.717) is 0 Å². The molecule has 0 spiro atoms. The Balaban J connectivity index is 0.00000156. The van der Waals surface area contributed by atoms with Gasteiger partial charge in [0.15, 0.2) is 0 Å². The van der Waals surface area contributed by atoms with Crippen LogP contribution in [0.25, 0.3) is 21.8 Å². The fourth-order valence-electron chi connectivity index (χ4n) is 2.80. The third kappa shape index (κ3) is 4.88. The molecule has 4 nitrogen and oxygen atoms in total. The van der Waals surface area contributed by atoms with Gasteiger partial charge in [-0.05, 0) is 51.3 Å². The monoisotopic (exact) mass is 381 g/mol. The highest BCUT2D eigenvalue weighted by Crippen LogP contribution is 2.32. The van der Waals surface area contributed by atoms with E-state index in [1.165, 1.54) is 0 Å². The van der Waals surface area contributed by atoms with E-state index in [1.54, 1.807) is 7.11 Å². The smallest absolute Gasteiger partial charge is 0.119 e. The third-order valence-electron chi connectivity index (χ3n) is 3.97. The normalized spacial score (nSPS) is 10.4. The molecule has 0 fully saturated rings. The topological polar surface area (TPSA) is 37.4 Å². The van der Waals surface area contributed by atoms with E-state index >= 15 is 0 Å². The largest absolute Gasteiger partial charge is 0.497 e. The number of fused-ring (bicyclic) bond motifs is 2. The molecule has 0 radical (unpaired) electrons. The second kappa shape index (κ2) is 9.66. The number of ether oxygens (including phenoxy) is 1. The molecule has 1 N–H and O–H groups in total. The third-order valence-corrected chi connectivity index (χ3v) is 3.97. The lowest BCUT2D eigenvalue weighted by Gasteiger charge is -2.15. The zero-order valence-corrected chi connectivity index (χ0v) is 16.4. The summed E-state index contributed by atoms with van der Waals surface area (Å²) in [6.07, 6.45) is 1.09. The molecule has 136 valence electrons. The van der Waals surface area contributed by atoms with Gasteiger partial charge in [0.2, 0.25) is 0 Å². The second-order valence-electron chi connectivity index (χ2n) is 5.97. The van der Waals surface area contributed by atoms with Crippen LogP contribution in [0.3, 0.4) is 0 Å². The highest BCUT2D eigenvalue weighted by atomic mass is 35.5. The molecule has 0 unspecified atom stereocenters. The number of rotatable bonds is 6. The number of benzene rings is 2. The van der Waals surface area contributed by atoms with Crippen LogP contribution in [-0.2, 0) is 0 Å². The number of nitrogens with zero attached hydrogens (tertiary/aromatic N) is 2. The summed E-state index contributed by atoms with van der Waals surface area (Å²) in [6.45, 7) is 2.00. The van der Waals surface area contributed by atoms with Gasteiger partial charge in [-0.3, -0.25) is 0 Å². The van der Waals surface area contributed by atoms with Crippen LogP contribution in [0.15, 0.2) is 42.5 Å². The molecule has 3 aromatic rings. The SMILES string of the molecule is COc1ccc2nc3ccccc3c(NCCCN(C)C)c2c1.Cl.Cl. The Bertz CT molecular complexity index is 824. The maximum atomic E-state index is 5.38. The molecule has 0 aliphatic carbocycles. The number of para-hydroxylation sites is 1. The van der Waals surface area contributed by atoms with Gasteiger partial charge in [0.05, 0.1) is 23.8 Å². The number of anilines is 1. The summed E-state index contributed by atoms with van der Waals surface area (Å²) in [5.41, 5.74) is 3.14. The lowest BCUT2D eigenvalue weighted by atomic mass is 10.1. The van der Waals surface area contributed by atoms with Gasteiger partial charge >= 0.3 is 0 Å². The zero-order chi connectivity index (χ0) is 16.2. The molecule has 0 saturated heterocycles. The fraction of sp³-hybridized carbons (Fsp3) is 0.316. The molecule has 25 heavy (non-hydrogen) atoms. The number of hydrogen-bond donors (Lipinski definition) is 1. The fourth-order valence-corrected chi connectivity index (χ4v) is 2.80. The first-order valence-corrected chi connectivity index (χ1v) is 7.94. The summed E-state index contributed by atoms with van der Waals surface area (Å²) in [6, 6.07) is 14.3. The minimum Gasteiger partial charge on any atom is -0.497 e. The van der Waals surface area contributed by atoms with Crippen molar-refractivity contribution in [2.45, 2.75) is 6.42 Å². The molecule has 3 rings (SSSR count). The zero-order valence-electron chi connectivity index (χ0n) is 14.8. The van der Waals surface area contributed by atoms with Crippen molar-refractivity contribution in [2.24, 2.45) is 0 Å². The average Bonchev–Trinajstić information content (AvgIpc) is 2.57. The van der Waals surface area contributed by atoms with Crippen molar-refractivity contribution in [1.82, 2.24) is 9.88 Å². The van der Waals surface area contributed by atoms with Crippen molar-refractivity contribution in [2.75, 3.05) is 39.6 Å². The van der Waals surface area contributed by atoms with E-state index in [0.717, 1.165) is 52.8 Å². The molecule has 0 amide bonds. The minimum atomic E-state index is 0. The molecule has 0 saturated carbocycles. The standard InChI is InChI=1S/C19H23N3O.2ClH/c1-22(2)12-6-11-20-19-15-7-4-5-8-17(15)21-18-10-9-14(23-3)13-16(18)19;;/h4-5,7-10,13H,6,11-12H2,1-3H3,(H,20,21);2*1H. The molecule has 6 heteroatoms. The Morgan fingerprint density at radius 1 is 1.00 bits per heavy atom. The van der Waals surface area contributed by atoms with Crippen LogP contribution in [0.1, 0.15) is 6.42 Å². The van der Waals surface area contributed by atoms with Gasteiger partial charge in [0.25, 0.3) is 0 Å². The average molecular weight is 382 g/mol. The number of hydrogen-bond acceptors (Lipinski definition) is 4. The molecule has 1 heterocycles. The Kier molecular flexibility index (Phi) is 8.23. The number of aromatic nitrogens is 1. The summed E-state index contributed by atoms with van der Waals surface area (Å²) in [5, 5.41) is 5.87. The summed E-state index contributed by atoms with van der Waals surface area (Å²) in [4.78, 5) is 6.97. The molecule has 0 atom stereocenters. The lowest BCUT2D eigenvalue weighted by molar-refractivity contribution is 0.405. The summed E-state index contributed by atoms with van der Waals surface area (Å²) in [7, 11) is 5.89. The number of halogens is 2. The van der Waals surface area contributed by atoms with Crippen LogP contribution in [0.2, 0.25) is 0 Å². The van der Waals surface area contributed by atoms with Crippen LogP contribution in [0.4, 0.5) is 5.69 Å². The Labute approximate surface area is 161 Å². The first-order chi connectivity index (χ1) is 11.2. The lowest BCUT2D eigenvalue weighted by Crippen LogP contribution is -2.16. The van der Waals surface area contributed by atoms with Crippen molar-refractivity contribution in [3.8, 4) is 5.75 Å². The van der Waals surface area contributed by atoms with Gasteiger partial charge in [0.1, 0.15) is 5.75 Å². The Hall–Kier alpha value is -1.75. The predicted octanol–water partition coefficient (Wildman–Crippen LogP) is 4.60. The van der Waals surface area contributed by atoms with E-state index in [2.05, 4.69) is 48.6 Å². The van der Waals surface area contributed by atoms with E-state index in [-0.39, 0.29) is 24.8 Å². The molecule has 0 aliphatic rings. The van der Waals surface area contributed by atoms with Crippen LogP contribution in [0, 0.1) is 0 Å². The van der Waals surface area contributed by atoms with Crippen molar-refractivity contribution in [1.29, 1.82) is 0 Å². The summed E-state index contributed by atoms with van der Waals surface area (Å²) >= 11 is 0. The van der Waals surface area contributed by atoms with E-state index < -0.39 is 0 Å². The first kappa shape index (κ1) is 21.3. The van der Waals surface area contributed by atoms with Crippen LogP contribution >= 0.6 is 24.8 Å².